The van der Waals surface area contributed by atoms with Crippen molar-refractivity contribution in [1.82, 2.24) is 0 Å². The van der Waals surface area contributed by atoms with Crippen LogP contribution < -0.4 is 0 Å². The van der Waals surface area contributed by atoms with Crippen molar-refractivity contribution in [2.24, 2.45) is 0 Å². The fourth-order valence-electron chi connectivity index (χ4n) is 4.69. The zero-order valence-corrected chi connectivity index (χ0v) is 16.9. The van der Waals surface area contributed by atoms with Crippen molar-refractivity contribution >= 4 is 12.2 Å². The number of rotatable bonds is 2. The molecule has 0 bridgehead atoms. The Morgan fingerprint density at radius 3 is 1.24 bits per heavy atom. The Labute approximate surface area is 173 Å². The molecule has 0 spiro atoms. The van der Waals surface area contributed by atoms with Crippen molar-refractivity contribution in [2.75, 3.05) is 0 Å². The first-order valence-electron chi connectivity index (χ1n) is 10.2. The van der Waals surface area contributed by atoms with Crippen LogP contribution in [-0.2, 0) is 5.41 Å². The van der Waals surface area contributed by atoms with E-state index in [1.54, 1.807) is 0 Å². The molecule has 4 aromatic rings. The molecule has 1 aliphatic carbocycles. The molecule has 0 saturated heterocycles. The minimum atomic E-state index is -0.363. The minimum absolute atomic E-state index is 0.363. The Bertz CT molecular complexity index is 1090. The second kappa shape index (κ2) is 6.90. The lowest BCUT2D eigenvalue weighted by Gasteiger charge is -2.38. The maximum Gasteiger partial charge on any atom is 0.0713 e. The third kappa shape index (κ3) is 2.76. The van der Waals surface area contributed by atoms with Crippen LogP contribution in [0.25, 0.3) is 12.2 Å². The molecule has 0 heterocycles. The molecule has 0 N–H and O–H groups in total. The zero-order chi connectivity index (χ0) is 19.8. The SMILES string of the molecule is Cc1ccc(C2(c3ccc(C)cc3)c3ccccc3C=Cc3ccccc32)cc1. The van der Waals surface area contributed by atoms with Gasteiger partial charge in [-0.15, -0.1) is 0 Å². The molecule has 5 rings (SSSR count). The predicted molar refractivity (Wildman–Crippen MR) is 123 cm³/mol. The number of fused-ring (bicyclic) bond motifs is 2. The first-order valence-corrected chi connectivity index (χ1v) is 10.2. The molecule has 140 valence electrons. The highest BCUT2D eigenvalue weighted by atomic mass is 14.4. The van der Waals surface area contributed by atoms with E-state index in [1.807, 2.05) is 0 Å². The van der Waals surface area contributed by atoms with Crippen LogP contribution in [0, 0.1) is 13.8 Å². The van der Waals surface area contributed by atoms with Gasteiger partial charge in [-0.05, 0) is 47.2 Å². The van der Waals surface area contributed by atoms with Crippen molar-refractivity contribution in [1.29, 1.82) is 0 Å². The van der Waals surface area contributed by atoms with Gasteiger partial charge in [-0.2, -0.15) is 0 Å². The largest absolute Gasteiger partial charge is 0.0713 e. The van der Waals surface area contributed by atoms with Crippen LogP contribution in [0.5, 0.6) is 0 Å². The molecular formula is C29H24. The lowest BCUT2D eigenvalue weighted by atomic mass is 9.63. The first-order chi connectivity index (χ1) is 14.2. The Balaban J connectivity index is 1.98. The molecule has 29 heavy (non-hydrogen) atoms. The molecule has 0 radical (unpaired) electrons. The van der Waals surface area contributed by atoms with E-state index in [9.17, 15) is 0 Å². The molecule has 0 heteroatoms. The van der Waals surface area contributed by atoms with E-state index in [4.69, 9.17) is 0 Å². The average Bonchev–Trinajstić information content (AvgIpc) is 2.91. The highest BCUT2D eigenvalue weighted by Crippen LogP contribution is 2.49. The summed E-state index contributed by atoms with van der Waals surface area (Å²) in [6, 6.07) is 35.8. The van der Waals surface area contributed by atoms with Crippen molar-refractivity contribution in [3.05, 3.63) is 142 Å². The van der Waals surface area contributed by atoms with Crippen LogP contribution in [0.2, 0.25) is 0 Å². The average molecular weight is 373 g/mol. The summed E-state index contributed by atoms with van der Waals surface area (Å²) in [4.78, 5) is 0. The second-order valence-corrected chi connectivity index (χ2v) is 7.99. The predicted octanol–water partition coefficient (Wildman–Crippen LogP) is 7.17. The maximum absolute atomic E-state index is 2.30. The molecule has 0 aromatic heterocycles. The van der Waals surface area contributed by atoms with Crippen molar-refractivity contribution in [2.45, 2.75) is 19.3 Å². The lowest BCUT2D eigenvalue weighted by molar-refractivity contribution is 0.742. The third-order valence-electron chi connectivity index (χ3n) is 6.14. The van der Waals surface area contributed by atoms with Crippen LogP contribution in [0.4, 0.5) is 0 Å². The summed E-state index contributed by atoms with van der Waals surface area (Å²) in [7, 11) is 0. The summed E-state index contributed by atoms with van der Waals surface area (Å²) in [5.41, 5.74) is 9.99. The third-order valence-corrected chi connectivity index (χ3v) is 6.14. The van der Waals surface area contributed by atoms with E-state index >= 15 is 0 Å². The van der Waals surface area contributed by atoms with Crippen molar-refractivity contribution in [3.8, 4) is 0 Å². The van der Waals surface area contributed by atoms with Gasteiger partial charge >= 0.3 is 0 Å². The van der Waals surface area contributed by atoms with Crippen LogP contribution >= 0.6 is 0 Å². The van der Waals surface area contributed by atoms with Gasteiger partial charge in [0.2, 0.25) is 0 Å². The van der Waals surface area contributed by atoms with Gasteiger partial charge in [-0.25, -0.2) is 0 Å². The molecule has 0 saturated carbocycles. The normalized spacial score (nSPS) is 14.0. The first kappa shape index (κ1) is 17.7. The van der Waals surface area contributed by atoms with E-state index < -0.39 is 0 Å². The van der Waals surface area contributed by atoms with E-state index in [1.165, 1.54) is 44.5 Å². The molecule has 0 amide bonds. The van der Waals surface area contributed by atoms with Gasteiger partial charge in [0.05, 0.1) is 5.41 Å². The molecule has 4 aromatic carbocycles. The Kier molecular flexibility index (Phi) is 4.21. The Morgan fingerprint density at radius 1 is 0.448 bits per heavy atom. The highest BCUT2D eigenvalue weighted by molar-refractivity contribution is 5.81. The monoisotopic (exact) mass is 372 g/mol. The molecule has 0 aliphatic heterocycles. The Hall–Kier alpha value is -3.38. The van der Waals surface area contributed by atoms with E-state index in [2.05, 4.69) is 123 Å². The Morgan fingerprint density at radius 2 is 0.828 bits per heavy atom. The zero-order valence-electron chi connectivity index (χ0n) is 16.9. The summed E-state index contributed by atoms with van der Waals surface area (Å²) in [5.74, 6) is 0. The van der Waals surface area contributed by atoms with Crippen molar-refractivity contribution < 1.29 is 0 Å². The van der Waals surface area contributed by atoms with Gasteiger partial charge in [0.1, 0.15) is 0 Å². The van der Waals surface area contributed by atoms with Crippen LogP contribution in [0.3, 0.4) is 0 Å². The smallest absolute Gasteiger partial charge is 0.0619 e. The highest BCUT2D eigenvalue weighted by Gasteiger charge is 2.41. The van der Waals surface area contributed by atoms with Gasteiger partial charge in [0.15, 0.2) is 0 Å². The molecule has 0 atom stereocenters. The summed E-state index contributed by atoms with van der Waals surface area (Å²) in [5, 5.41) is 0. The van der Waals surface area contributed by atoms with Gasteiger partial charge < -0.3 is 0 Å². The number of hydrogen-bond donors (Lipinski definition) is 0. The molecule has 0 unspecified atom stereocenters. The quantitative estimate of drug-likeness (QED) is 0.308. The minimum Gasteiger partial charge on any atom is -0.0619 e. The summed E-state index contributed by atoms with van der Waals surface area (Å²) in [6.45, 7) is 4.30. The number of hydrogen-bond acceptors (Lipinski definition) is 0. The van der Waals surface area contributed by atoms with Gasteiger partial charge in [0.25, 0.3) is 0 Å². The maximum atomic E-state index is 2.30. The van der Waals surface area contributed by atoms with E-state index in [-0.39, 0.29) is 5.41 Å². The van der Waals surface area contributed by atoms with Crippen LogP contribution in [-0.4, -0.2) is 0 Å². The molecular weight excluding hydrogens is 348 g/mol. The summed E-state index contributed by atoms with van der Waals surface area (Å²) in [6.07, 6.45) is 4.52. The van der Waals surface area contributed by atoms with E-state index in [0.717, 1.165) is 0 Å². The lowest BCUT2D eigenvalue weighted by Crippen LogP contribution is -2.32. The molecule has 0 fully saturated rings. The van der Waals surface area contributed by atoms with E-state index in [0.29, 0.717) is 0 Å². The topological polar surface area (TPSA) is 0 Å². The molecule has 0 nitrogen and oxygen atoms in total. The standard InChI is InChI=1S/C29H24/c1-21-11-17-25(18-12-21)29(26-19-13-22(2)14-20-26)27-9-5-3-7-23(27)15-16-24-8-4-6-10-28(24)29/h3-20H,1-2H3. The van der Waals surface area contributed by atoms with Crippen LogP contribution in [0.15, 0.2) is 97.1 Å². The fourth-order valence-corrected chi connectivity index (χ4v) is 4.69. The van der Waals surface area contributed by atoms with Crippen molar-refractivity contribution in [3.63, 3.8) is 0 Å². The number of benzene rings is 4. The molecule has 1 aliphatic rings. The fraction of sp³-hybridized carbons (Fsp3) is 0.103. The van der Waals surface area contributed by atoms with Gasteiger partial charge in [-0.3, -0.25) is 0 Å². The van der Waals surface area contributed by atoms with Crippen LogP contribution in [0.1, 0.15) is 44.5 Å². The number of aryl methyl sites for hydroxylation is 2. The van der Waals surface area contributed by atoms with Gasteiger partial charge in [0, 0.05) is 0 Å². The van der Waals surface area contributed by atoms with Gasteiger partial charge in [-0.1, -0.05) is 120 Å². The summed E-state index contributed by atoms with van der Waals surface area (Å²) >= 11 is 0. The summed E-state index contributed by atoms with van der Waals surface area (Å²) < 4.78 is 0. The second-order valence-electron chi connectivity index (χ2n) is 7.99.